The van der Waals surface area contributed by atoms with E-state index in [1.807, 2.05) is 6.26 Å². The monoisotopic (exact) mass is 325 g/mol. The molecule has 0 aliphatic heterocycles. The van der Waals surface area contributed by atoms with Crippen molar-refractivity contribution in [2.24, 2.45) is 5.73 Å². The minimum absolute atomic E-state index is 0.0530. The van der Waals surface area contributed by atoms with Gasteiger partial charge in [0.1, 0.15) is 4.90 Å². The van der Waals surface area contributed by atoms with E-state index in [-0.39, 0.29) is 16.2 Å². The van der Waals surface area contributed by atoms with Gasteiger partial charge in [-0.25, -0.2) is 13.1 Å². The Morgan fingerprint density at radius 2 is 2.24 bits per heavy atom. The van der Waals surface area contributed by atoms with E-state index in [4.69, 9.17) is 5.73 Å². The minimum atomic E-state index is -3.55. The lowest BCUT2D eigenvalue weighted by Crippen LogP contribution is -2.45. The molecule has 1 saturated carbocycles. The molecular weight excluding hydrogens is 306 g/mol. The number of nitrogens with one attached hydrogen (secondary N) is 1. The molecule has 0 unspecified atom stereocenters. The maximum Gasteiger partial charge on any atom is 0.242 e. The molecule has 0 aromatic carbocycles. The Morgan fingerprint density at radius 3 is 2.81 bits per heavy atom. The summed E-state index contributed by atoms with van der Waals surface area (Å²) < 4.78 is 27.4. The predicted octanol–water partition coefficient (Wildman–Crippen LogP) is 0.956. The van der Waals surface area contributed by atoms with E-state index < -0.39 is 10.0 Å². The van der Waals surface area contributed by atoms with Crippen LogP contribution in [0.3, 0.4) is 0 Å². The molecule has 3 N–H and O–H groups in total. The van der Waals surface area contributed by atoms with E-state index in [1.54, 1.807) is 11.8 Å². The fourth-order valence-corrected chi connectivity index (χ4v) is 4.24. The van der Waals surface area contributed by atoms with E-state index in [0.717, 1.165) is 19.3 Å². The van der Waals surface area contributed by atoms with Crippen LogP contribution in [0.5, 0.6) is 0 Å². The van der Waals surface area contributed by atoms with E-state index in [0.29, 0.717) is 12.1 Å². The zero-order valence-electron chi connectivity index (χ0n) is 11.9. The molecule has 0 atom stereocenters. The number of hydrogen-bond donors (Lipinski definition) is 2. The summed E-state index contributed by atoms with van der Waals surface area (Å²) in [5.41, 5.74) is 5.85. The number of nitrogens with zero attached hydrogens (tertiary/aromatic N) is 1. The molecule has 1 aliphatic rings. The first-order valence-electron chi connectivity index (χ1n) is 6.70. The fraction of sp³-hybridized carbons (Fsp3) is 0.500. The maximum absolute atomic E-state index is 12.3. The average molecular weight is 325 g/mol. The third-order valence-electron chi connectivity index (χ3n) is 3.64. The molecule has 0 spiro atoms. The van der Waals surface area contributed by atoms with Gasteiger partial charge in [-0.3, -0.25) is 4.98 Å². The summed E-state index contributed by atoms with van der Waals surface area (Å²) in [6, 6.07) is 1.52. The Kier molecular flexibility index (Phi) is 5.27. The second-order valence-electron chi connectivity index (χ2n) is 4.98. The van der Waals surface area contributed by atoms with Crippen LogP contribution in [-0.2, 0) is 10.0 Å². The summed E-state index contributed by atoms with van der Waals surface area (Å²) in [7, 11) is -3.55. The van der Waals surface area contributed by atoms with Gasteiger partial charge in [-0.2, -0.15) is 11.8 Å². The molecule has 7 heteroatoms. The van der Waals surface area contributed by atoms with Gasteiger partial charge in [-0.15, -0.1) is 0 Å². The molecule has 21 heavy (non-hydrogen) atoms. The number of thioether (sulfide) groups is 1. The first kappa shape index (κ1) is 16.3. The SMILES string of the molecule is CSC1(CNS(=O)(=O)c2cncc(C#CCN)c2)CCC1. The van der Waals surface area contributed by atoms with Gasteiger partial charge >= 0.3 is 0 Å². The van der Waals surface area contributed by atoms with Crippen molar-refractivity contribution < 1.29 is 8.42 Å². The number of aromatic nitrogens is 1. The smallest absolute Gasteiger partial charge is 0.242 e. The van der Waals surface area contributed by atoms with Gasteiger partial charge in [0, 0.05) is 29.2 Å². The highest BCUT2D eigenvalue weighted by Crippen LogP contribution is 2.42. The van der Waals surface area contributed by atoms with Gasteiger partial charge in [-0.1, -0.05) is 18.3 Å². The molecule has 0 saturated heterocycles. The van der Waals surface area contributed by atoms with Crippen molar-refractivity contribution in [2.45, 2.75) is 28.9 Å². The van der Waals surface area contributed by atoms with E-state index in [1.165, 1.54) is 18.5 Å². The number of hydrogen-bond acceptors (Lipinski definition) is 5. The van der Waals surface area contributed by atoms with Crippen LogP contribution >= 0.6 is 11.8 Å². The van der Waals surface area contributed by atoms with Crippen LogP contribution in [0.4, 0.5) is 0 Å². The molecule has 114 valence electrons. The summed E-state index contributed by atoms with van der Waals surface area (Å²) in [6.07, 6.45) is 8.15. The Hall–Kier alpha value is -1.07. The van der Waals surface area contributed by atoms with Crippen LogP contribution in [0.2, 0.25) is 0 Å². The highest BCUT2D eigenvalue weighted by atomic mass is 32.2. The minimum Gasteiger partial charge on any atom is -0.320 e. The molecule has 1 aromatic rings. The normalized spacial score (nSPS) is 16.7. The maximum atomic E-state index is 12.3. The Balaban J connectivity index is 2.12. The zero-order chi connectivity index (χ0) is 15.3. The van der Waals surface area contributed by atoms with Crippen LogP contribution in [0.1, 0.15) is 24.8 Å². The van der Waals surface area contributed by atoms with Crippen molar-refractivity contribution >= 4 is 21.8 Å². The lowest BCUT2D eigenvalue weighted by Gasteiger charge is -2.40. The highest BCUT2D eigenvalue weighted by Gasteiger charge is 2.37. The molecule has 5 nitrogen and oxygen atoms in total. The molecule has 1 aliphatic carbocycles. The molecule has 1 fully saturated rings. The van der Waals surface area contributed by atoms with Gasteiger partial charge < -0.3 is 5.73 Å². The molecular formula is C14H19N3O2S2. The lowest BCUT2D eigenvalue weighted by molar-refractivity contribution is 0.362. The number of pyridine rings is 1. The van der Waals surface area contributed by atoms with Crippen molar-refractivity contribution in [3.63, 3.8) is 0 Å². The lowest BCUT2D eigenvalue weighted by atomic mass is 9.84. The van der Waals surface area contributed by atoms with Crippen LogP contribution in [-0.4, -0.2) is 37.5 Å². The van der Waals surface area contributed by atoms with Crippen molar-refractivity contribution in [1.29, 1.82) is 0 Å². The van der Waals surface area contributed by atoms with E-state index >= 15 is 0 Å². The van der Waals surface area contributed by atoms with Gasteiger partial charge in [0.15, 0.2) is 0 Å². The quantitative estimate of drug-likeness (QED) is 0.788. The van der Waals surface area contributed by atoms with Gasteiger partial charge in [-0.05, 0) is 25.2 Å². The molecule has 1 aromatic heterocycles. The Morgan fingerprint density at radius 1 is 1.48 bits per heavy atom. The average Bonchev–Trinajstić information content (AvgIpc) is 2.45. The second kappa shape index (κ2) is 6.79. The van der Waals surface area contributed by atoms with Crippen molar-refractivity contribution in [3.8, 4) is 11.8 Å². The van der Waals surface area contributed by atoms with Crippen LogP contribution in [0.25, 0.3) is 0 Å². The van der Waals surface area contributed by atoms with Crippen molar-refractivity contribution in [1.82, 2.24) is 9.71 Å². The first-order chi connectivity index (χ1) is 10.0. The largest absolute Gasteiger partial charge is 0.320 e. The topological polar surface area (TPSA) is 85.1 Å². The van der Waals surface area contributed by atoms with Crippen LogP contribution in [0.15, 0.2) is 23.4 Å². The number of sulfonamides is 1. The third kappa shape index (κ3) is 3.98. The second-order valence-corrected chi connectivity index (χ2v) is 8.02. The summed E-state index contributed by atoms with van der Waals surface area (Å²) in [5, 5.41) is 0. The van der Waals surface area contributed by atoms with Crippen LogP contribution < -0.4 is 10.5 Å². The summed E-state index contributed by atoms with van der Waals surface area (Å²) >= 11 is 1.73. The summed E-state index contributed by atoms with van der Waals surface area (Å²) in [5.74, 6) is 5.47. The summed E-state index contributed by atoms with van der Waals surface area (Å²) in [6.45, 7) is 0.681. The van der Waals surface area contributed by atoms with E-state index in [2.05, 4.69) is 21.5 Å². The van der Waals surface area contributed by atoms with Gasteiger partial charge in [0.25, 0.3) is 0 Å². The first-order valence-corrected chi connectivity index (χ1v) is 9.41. The molecule has 1 heterocycles. The molecule has 0 radical (unpaired) electrons. The van der Waals surface area contributed by atoms with Gasteiger partial charge in [0.05, 0.1) is 6.54 Å². The van der Waals surface area contributed by atoms with Crippen molar-refractivity contribution in [2.75, 3.05) is 19.3 Å². The van der Waals surface area contributed by atoms with Crippen molar-refractivity contribution in [3.05, 3.63) is 24.0 Å². The molecule has 0 amide bonds. The predicted molar refractivity (Wildman–Crippen MR) is 85.5 cm³/mol. The number of rotatable bonds is 5. The standard InChI is InChI=1S/C14H19N3O2S2/c1-20-14(5-3-6-14)11-17-21(18,19)13-8-12(4-2-7-15)9-16-10-13/h8-10,17H,3,5-7,11,15H2,1H3. The van der Waals surface area contributed by atoms with Crippen LogP contribution in [0, 0.1) is 11.8 Å². The fourth-order valence-electron chi connectivity index (χ4n) is 2.12. The number of nitrogens with two attached hydrogens (primary N) is 1. The van der Waals surface area contributed by atoms with Gasteiger partial charge in [0.2, 0.25) is 10.0 Å². The Labute approximate surface area is 130 Å². The molecule has 2 rings (SSSR count). The Bertz CT molecular complexity index is 653. The highest BCUT2D eigenvalue weighted by molar-refractivity contribution is 8.00. The zero-order valence-corrected chi connectivity index (χ0v) is 13.6. The molecule has 0 bridgehead atoms. The van der Waals surface area contributed by atoms with E-state index in [9.17, 15) is 8.42 Å². The summed E-state index contributed by atoms with van der Waals surface area (Å²) in [4.78, 5) is 4.08. The third-order valence-corrected chi connectivity index (χ3v) is 6.43.